The lowest BCUT2D eigenvalue weighted by Crippen LogP contribution is -2.10. The number of para-hydroxylation sites is 1. The van der Waals surface area contributed by atoms with Crippen molar-refractivity contribution in [3.63, 3.8) is 0 Å². The Morgan fingerprint density at radius 1 is 0.474 bits per heavy atom. The van der Waals surface area contributed by atoms with Gasteiger partial charge in [-0.15, -0.1) is 0 Å². The summed E-state index contributed by atoms with van der Waals surface area (Å²) in [5.74, 6) is 0. The molecule has 0 saturated heterocycles. The van der Waals surface area contributed by atoms with Crippen molar-refractivity contribution >= 4 is 49.6 Å². The second-order valence-corrected chi connectivity index (χ2v) is 9.40. The molecule has 7 aromatic rings. The summed E-state index contributed by atoms with van der Waals surface area (Å²) in [4.78, 5) is 15.2. The Morgan fingerprint density at radius 2 is 1.11 bits per heavy atom. The van der Waals surface area contributed by atoms with E-state index in [0.29, 0.717) is 11.1 Å². The molecule has 0 bridgehead atoms. The van der Waals surface area contributed by atoms with Crippen molar-refractivity contribution in [3.8, 4) is 11.1 Å². The van der Waals surface area contributed by atoms with E-state index in [1.165, 1.54) is 10.8 Å². The predicted octanol–water partition coefficient (Wildman–Crippen LogP) is 9.24. The quantitative estimate of drug-likeness (QED) is 0.182. The second kappa shape index (κ2) is 9.06. The van der Waals surface area contributed by atoms with Crippen molar-refractivity contribution in [2.24, 2.45) is 0 Å². The number of anilines is 3. The maximum Gasteiger partial charge on any atom is 0.344 e. The van der Waals surface area contributed by atoms with Gasteiger partial charge in [0, 0.05) is 22.4 Å². The van der Waals surface area contributed by atoms with Crippen LogP contribution in [-0.2, 0) is 0 Å². The lowest BCUT2D eigenvalue weighted by Gasteiger charge is -2.26. The highest BCUT2D eigenvalue weighted by Crippen LogP contribution is 2.37. The van der Waals surface area contributed by atoms with Gasteiger partial charge in [0.15, 0.2) is 0 Å². The Morgan fingerprint density at radius 3 is 1.92 bits per heavy atom. The number of fused-ring (bicyclic) bond motifs is 4. The highest BCUT2D eigenvalue weighted by Gasteiger charge is 2.15. The molecule has 0 aliphatic heterocycles. The molecule has 7 rings (SSSR count). The first kappa shape index (κ1) is 22.1. The molecular formula is C35H23NO2. The molecule has 0 saturated carbocycles. The minimum atomic E-state index is -0.338. The van der Waals surface area contributed by atoms with Crippen molar-refractivity contribution in [1.29, 1.82) is 0 Å². The average Bonchev–Trinajstić information content (AvgIpc) is 2.98. The van der Waals surface area contributed by atoms with Crippen LogP contribution in [0.4, 0.5) is 17.1 Å². The van der Waals surface area contributed by atoms with E-state index in [0.717, 1.165) is 38.8 Å². The van der Waals surface area contributed by atoms with Gasteiger partial charge in [-0.3, -0.25) is 0 Å². The van der Waals surface area contributed by atoms with E-state index in [2.05, 4.69) is 83.8 Å². The molecule has 0 radical (unpaired) electrons. The van der Waals surface area contributed by atoms with Crippen molar-refractivity contribution in [2.45, 2.75) is 0 Å². The SMILES string of the molecule is O=c1oc2ccc3ccccc3c2cc1-c1ccc(N(c2ccccc2)c2ccc3ccccc3c2)cc1. The summed E-state index contributed by atoms with van der Waals surface area (Å²) in [6, 6.07) is 47.3. The topological polar surface area (TPSA) is 33.5 Å². The molecule has 0 aliphatic carbocycles. The van der Waals surface area contributed by atoms with Crippen LogP contribution in [0.15, 0.2) is 149 Å². The molecule has 0 N–H and O–H groups in total. The molecule has 38 heavy (non-hydrogen) atoms. The van der Waals surface area contributed by atoms with E-state index < -0.39 is 0 Å². The standard InChI is InChI=1S/C35H23NO2/c37-35-32(23-33-31-13-7-6-9-25(31)17-21-34(33)38-35)26-15-18-29(19-16-26)36(28-11-2-1-3-12-28)30-20-14-24-8-4-5-10-27(24)22-30/h1-23H. The molecule has 6 aromatic carbocycles. The third kappa shape index (κ3) is 3.82. The van der Waals surface area contributed by atoms with Crippen LogP contribution in [0.2, 0.25) is 0 Å². The molecule has 0 unspecified atom stereocenters. The van der Waals surface area contributed by atoms with Crippen LogP contribution in [0.1, 0.15) is 0 Å². The minimum absolute atomic E-state index is 0.338. The molecule has 3 heteroatoms. The van der Waals surface area contributed by atoms with Crippen molar-refractivity contribution < 1.29 is 4.42 Å². The van der Waals surface area contributed by atoms with Gasteiger partial charge in [0.1, 0.15) is 5.58 Å². The monoisotopic (exact) mass is 489 g/mol. The molecule has 0 aliphatic rings. The molecule has 0 amide bonds. The largest absolute Gasteiger partial charge is 0.422 e. The van der Waals surface area contributed by atoms with Crippen molar-refractivity contribution in [3.05, 3.63) is 150 Å². The summed E-state index contributed by atoms with van der Waals surface area (Å²) in [6.45, 7) is 0. The van der Waals surface area contributed by atoms with Gasteiger partial charge in [0.25, 0.3) is 0 Å². The van der Waals surface area contributed by atoms with E-state index >= 15 is 0 Å². The van der Waals surface area contributed by atoms with Gasteiger partial charge in [-0.05, 0) is 75.6 Å². The fourth-order valence-corrected chi connectivity index (χ4v) is 5.20. The third-order valence-corrected chi connectivity index (χ3v) is 7.08. The first-order valence-corrected chi connectivity index (χ1v) is 12.6. The molecule has 1 aromatic heterocycles. The van der Waals surface area contributed by atoms with Crippen LogP contribution in [0.3, 0.4) is 0 Å². The Balaban J connectivity index is 1.34. The van der Waals surface area contributed by atoms with Crippen LogP contribution < -0.4 is 10.5 Å². The predicted molar refractivity (Wildman–Crippen MR) is 158 cm³/mol. The summed E-state index contributed by atoms with van der Waals surface area (Å²) in [7, 11) is 0. The molecule has 0 spiro atoms. The zero-order valence-corrected chi connectivity index (χ0v) is 20.5. The molecular weight excluding hydrogens is 466 g/mol. The Kier molecular flexibility index (Phi) is 5.26. The van der Waals surface area contributed by atoms with E-state index in [-0.39, 0.29) is 5.63 Å². The lowest BCUT2D eigenvalue weighted by atomic mass is 10.0. The van der Waals surface area contributed by atoms with Gasteiger partial charge in [0.05, 0.1) is 5.56 Å². The van der Waals surface area contributed by atoms with Crippen molar-refractivity contribution in [1.82, 2.24) is 0 Å². The van der Waals surface area contributed by atoms with Crippen LogP contribution in [-0.4, -0.2) is 0 Å². The Hall–Kier alpha value is -5.15. The minimum Gasteiger partial charge on any atom is -0.422 e. The summed E-state index contributed by atoms with van der Waals surface area (Å²) < 4.78 is 5.75. The van der Waals surface area contributed by atoms with Gasteiger partial charge < -0.3 is 9.32 Å². The number of hydrogen-bond donors (Lipinski definition) is 0. The van der Waals surface area contributed by atoms with Crippen LogP contribution in [0.5, 0.6) is 0 Å². The van der Waals surface area contributed by atoms with Gasteiger partial charge >= 0.3 is 5.63 Å². The Bertz CT molecular complexity index is 1990. The highest BCUT2D eigenvalue weighted by atomic mass is 16.4. The fourth-order valence-electron chi connectivity index (χ4n) is 5.20. The fraction of sp³-hybridized carbons (Fsp3) is 0. The second-order valence-electron chi connectivity index (χ2n) is 9.40. The highest BCUT2D eigenvalue weighted by molar-refractivity contribution is 6.06. The van der Waals surface area contributed by atoms with Crippen LogP contribution in [0.25, 0.3) is 43.6 Å². The normalized spacial score (nSPS) is 11.3. The summed E-state index contributed by atoms with van der Waals surface area (Å²) in [6.07, 6.45) is 0. The van der Waals surface area contributed by atoms with E-state index in [4.69, 9.17) is 4.42 Å². The lowest BCUT2D eigenvalue weighted by molar-refractivity contribution is 0.564. The molecule has 0 fully saturated rings. The molecule has 3 nitrogen and oxygen atoms in total. The number of hydrogen-bond acceptors (Lipinski definition) is 3. The molecule has 180 valence electrons. The summed E-state index contributed by atoms with van der Waals surface area (Å²) in [5.41, 5.74) is 4.77. The van der Waals surface area contributed by atoms with Crippen LogP contribution >= 0.6 is 0 Å². The first-order chi connectivity index (χ1) is 18.7. The maximum atomic E-state index is 13.0. The third-order valence-electron chi connectivity index (χ3n) is 7.08. The van der Waals surface area contributed by atoms with Gasteiger partial charge in [0.2, 0.25) is 0 Å². The smallest absolute Gasteiger partial charge is 0.344 e. The van der Waals surface area contributed by atoms with E-state index in [1.54, 1.807) is 0 Å². The number of rotatable bonds is 4. The van der Waals surface area contributed by atoms with E-state index in [9.17, 15) is 4.79 Å². The van der Waals surface area contributed by atoms with Crippen LogP contribution in [0, 0.1) is 0 Å². The average molecular weight is 490 g/mol. The number of nitrogens with zero attached hydrogens (tertiary/aromatic N) is 1. The molecule has 1 heterocycles. The van der Waals surface area contributed by atoms with Gasteiger partial charge in [-0.2, -0.15) is 0 Å². The van der Waals surface area contributed by atoms with E-state index in [1.807, 2.05) is 60.7 Å². The van der Waals surface area contributed by atoms with Gasteiger partial charge in [-0.25, -0.2) is 4.79 Å². The summed E-state index contributed by atoms with van der Waals surface area (Å²) >= 11 is 0. The number of benzene rings is 6. The van der Waals surface area contributed by atoms with Gasteiger partial charge in [-0.1, -0.05) is 91.0 Å². The first-order valence-electron chi connectivity index (χ1n) is 12.6. The zero-order chi connectivity index (χ0) is 25.5. The Labute approximate surface area is 219 Å². The summed E-state index contributed by atoms with van der Waals surface area (Å²) in [5, 5.41) is 5.50. The maximum absolute atomic E-state index is 13.0. The zero-order valence-electron chi connectivity index (χ0n) is 20.5. The molecule has 0 atom stereocenters. The van der Waals surface area contributed by atoms with Crippen molar-refractivity contribution in [2.75, 3.05) is 4.90 Å².